The zero-order valence-electron chi connectivity index (χ0n) is 11.4. The molecule has 2 atom stereocenters. The highest BCUT2D eigenvalue weighted by Crippen LogP contribution is 2.25. The number of aryl methyl sites for hydroxylation is 1. The Balaban J connectivity index is 2.23. The Hall–Kier alpha value is -1.35. The maximum atomic E-state index is 12.6. The first kappa shape index (κ1) is 13.1. The standard InChI is InChI=1S/C15H22N2O/c1-4-17(14-8-6-5-7-11(14)2)15(18)13-9-10-16-12(13)3/h5-8,12-13,16H,4,9-10H2,1-3H3. The highest BCUT2D eigenvalue weighted by Gasteiger charge is 2.32. The van der Waals surface area contributed by atoms with E-state index in [9.17, 15) is 4.79 Å². The zero-order chi connectivity index (χ0) is 13.1. The molecule has 1 aliphatic rings. The fourth-order valence-corrected chi connectivity index (χ4v) is 2.71. The van der Waals surface area contributed by atoms with E-state index in [0.29, 0.717) is 0 Å². The maximum absolute atomic E-state index is 12.6. The van der Waals surface area contributed by atoms with Crippen molar-refractivity contribution >= 4 is 11.6 Å². The summed E-state index contributed by atoms with van der Waals surface area (Å²) < 4.78 is 0. The Morgan fingerprint density at radius 2 is 2.17 bits per heavy atom. The summed E-state index contributed by atoms with van der Waals surface area (Å²) in [6.07, 6.45) is 0.947. The lowest BCUT2D eigenvalue weighted by molar-refractivity contribution is -0.122. The first-order chi connectivity index (χ1) is 8.65. The van der Waals surface area contributed by atoms with Crippen LogP contribution in [0, 0.1) is 12.8 Å². The molecule has 1 aromatic rings. The smallest absolute Gasteiger partial charge is 0.231 e. The first-order valence-electron chi connectivity index (χ1n) is 6.75. The second kappa shape index (κ2) is 5.53. The predicted molar refractivity (Wildman–Crippen MR) is 74.8 cm³/mol. The molecule has 0 radical (unpaired) electrons. The van der Waals surface area contributed by atoms with Crippen LogP contribution in [0.5, 0.6) is 0 Å². The molecule has 1 heterocycles. The van der Waals surface area contributed by atoms with Gasteiger partial charge in [0.25, 0.3) is 0 Å². The van der Waals surface area contributed by atoms with Crippen LogP contribution in [0.25, 0.3) is 0 Å². The number of benzene rings is 1. The monoisotopic (exact) mass is 246 g/mol. The van der Waals surface area contributed by atoms with Crippen LogP contribution in [0.4, 0.5) is 5.69 Å². The van der Waals surface area contributed by atoms with Crippen LogP contribution < -0.4 is 10.2 Å². The minimum Gasteiger partial charge on any atom is -0.313 e. The Morgan fingerprint density at radius 3 is 2.72 bits per heavy atom. The van der Waals surface area contributed by atoms with E-state index < -0.39 is 0 Å². The van der Waals surface area contributed by atoms with Gasteiger partial charge in [-0.05, 0) is 45.4 Å². The van der Waals surface area contributed by atoms with Gasteiger partial charge in [0.05, 0.1) is 5.92 Å². The second-order valence-electron chi connectivity index (χ2n) is 5.01. The van der Waals surface area contributed by atoms with Gasteiger partial charge in [-0.3, -0.25) is 4.79 Å². The summed E-state index contributed by atoms with van der Waals surface area (Å²) in [4.78, 5) is 14.5. The van der Waals surface area contributed by atoms with Gasteiger partial charge in [-0.25, -0.2) is 0 Å². The number of carbonyl (C=O) groups excluding carboxylic acids is 1. The summed E-state index contributed by atoms with van der Waals surface area (Å²) in [6, 6.07) is 8.38. The van der Waals surface area contributed by atoms with Crippen molar-refractivity contribution in [3.8, 4) is 0 Å². The minimum absolute atomic E-state index is 0.115. The lowest BCUT2D eigenvalue weighted by Crippen LogP contribution is -2.40. The molecule has 18 heavy (non-hydrogen) atoms. The van der Waals surface area contributed by atoms with E-state index in [0.717, 1.165) is 30.8 Å². The molecule has 1 saturated heterocycles. The third kappa shape index (κ3) is 2.41. The number of para-hydroxylation sites is 1. The van der Waals surface area contributed by atoms with Crippen molar-refractivity contribution < 1.29 is 4.79 Å². The van der Waals surface area contributed by atoms with E-state index in [1.807, 2.05) is 30.0 Å². The summed E-state index contributed by atoms with van der Waals surface area (Å²) >= 11 is 0. The molecule has 0 aliphatic carbocycles. The third-order valence-electron chi connectivity index (χ3n) is 3.83. The van der Waals surface area contributed by atoms with Crippen molar-refractivity contribution in [1.29, 1.82) is 0 Å². The molecule has 3 heteroatoms. The number of nitrogens with zero attached hydrogens (tertiary/aromatic N) is 1. The van der Waals surface area contributed by atoms with Crippen LogP contribution in [0.2, 0.25) is 0 Å². The molecule has 2 rings (SSSR count). The van der Waals surface area contributed by atoms with E-state index in [-0.39, 0.29) is 17.9 Å². The molecule has 98 valence electrons. The van der Waals surface area contributed by atoms with Gasteiger partial charge < -0.3 is 10.2 Å². The van der Waals surface area contributed by atoms with Gasteiger partial charge >= 0.3 is 0 Å². The topological polar surface area (TPSA) is 32.3 Å². The predicted octanol–water partition coefficient (Wildman–Crippen LogP) is 2.35. The van der Waals surface area contributed by atoms with E-state index in [2.05, 4.69) is 25.2 Å². The normalized spacial score (nSPS) is 23.1. The molecule has 0 saturated carbocycles. The Morgan fingerprint density at radius 1 is 1.44 bits per heavy atom. The van der Waals surface area contributed by atoms with Gasteiger partial charge in [0, 0.05) is 18.3 Å². The minimum atomic E-state index is 0.115. The number of hydrogen-bond donors (Lipinski definition) is 1. The molecule has 1 amide bonds. The van der Waals surface area contributed by atoms with Crippen LogP contribution in [0.1, 0.15) is 25.8 Å². The lowest BCUT2D eigenvalue weighted by Gasteiger charge is -2.27. The summed E-state index contributed by atoms with van der Waals surface area (Å²) in [6.45, 7) is 7.87. The highest BCUT2D eigenvalue weighted by atomic mass is 16.2. The molecule has 0 aromatic heterocycles. The molecule has 0 spiro atoms. The van der Waals surface area contributed by atoms with Gasteiger partial charge in [0.1, 0.15) is 0 Å². The molecule has 0 bridgehead atoms. The average Bonchev–Trinajstić information content (AvgIpc) is 2.78. The van der Waals surface area contributed by atoms with Crippen LogP contribution in [0.15, 0.2) is 24.3 Å². The quantitative estimate of drug-likeness (QED) is 0.888. The van der Waals surface area contributed by atoms with Crippen molar-refractivity contribution in [2.75, 3.05) is 18.0 Å². The summed E-state index contributed by atoms with van der Waals surface area (Å²) in [7, 11) is 0. The Kier molecular flexibility index (Phi) is 4.02. The van der Waals surface area contributed by atoms with Gasteiger partial charge in [0.15, 0.2) is 0 Å². The van der Waals surface area contributed by atoms with Crippen molar-refractivity contribution in [3.63, 3.8) is 0 Å². The van der Waals surface area contributed by atoms with Crippen LogP contribution in [0.3, 0.4) is 0 Å². The second-order valence-corrected chi connectivity index (χ2v) is 5.01. The van der Waals surface area contributed by atoms with E-state index in [1.165, 1.54) is 0 Å². The number of nitrogens with one attached hydrogen (secondary N) is 1. The third-order valence-corrected chi connectivity index (χ3v) is 3.83. The fraction of sp³-hybridized carbons (Fsp3) is 0.533. The number of rotatable bonds is 3. The van der Waals surface area contributed by atoms with Crippen molar-refractivity contribution in [2.24, 2.45) is 5.92 Å². The molecule has 1 N–H and O–H groups in total. The first-order valence-corrected chi connectivity index (χ1v) is 6.75. The molecule has 1 aliphatic heterocycles. The molecule has 1 aromatic carbocycles. The Labute approximate surface area is 109 Å². The fourth-order valence-electron chi connectivity index (χ4n) is 2.71. The summed E-state index contributed by atoms with van der Waals surface area (Å²) in [5.41, 5.74) is 2.20. The Bertz CT molecular complexity index is 430. The van der Waals surface area contributed by atoms with Crippen LogP contribution in [-0.4, -0.2) is 25.0 Å². The van der Waals surface area contributed by atoms with E-state index in [4.69, 9.17) is 0 Å². The largest absolute Gasteiger partial charge is 0.313 e. The maximum Gasteiger partial charge on any atom is 0.231 e. The molecule has 2 unspecified atom stereocenters. The SMILES string of the molecule is CCN(C(=O)C1CCNC1C)c1ccccc1C. The highest BCUT2D eigenvalue weighted by molar-refractivity contribution is 5.96. The number of amides is 1. The molecule has 1 fully saturated rings. The van der Waals surface area contributed by atoms with Gasteiger partial charge in [0.2, 0.25) is 5.91 Å². The van der Waals surface area contributed by atoms with Crippen LogP contribution in [-0.2, 0) is 4.79 Å². The van der Waals surface area contributed by atoms with Crippen LogP contribution >= 0.6 is 0 Å². The molecular formula is C15H22N2O. The summed E-state index contributed by atoms with van der Waals surface area (Å²) in [5.74, 6) is 0.369. The van der Waals surface area contributed by atoms with E-state index >= 15 is 0 Å². The van der Waals surface area contributed by atoms with Crippen molar-refractivity contribution in [2.45, 2.75) is 33.2 Å². The zero-order valence-corrected chi connectivity index (χ0v) is 11.4. The van der Waals surface area contributed by atoms with Gasteiger partial charge in [-0.2, -0.15) is 0 Å². The number of anilines is 1. The average molecular weight is 246 g/mol. The van der Waals surface area contributed by atoms with Gasteiger partial charge in [-0.15, -0.1) is 0 Å². The van der Waals surface area contributed by atoms with E-state index in [1.54, 1.807) is 0 Å². The molecular weight excluding hydrogens is 224 g/mol. The number of hydrogen-bond acceptors (Lipinski definition) is 2. The number of carbonyl (C=O) groups is 1. The van der Waals surface area contributed by atoms with Crippen molar-refractivity contribution in [1.82, 2.24) is 5.32 Å². The van der Waals surface area contributed by atoms with Gasteiger partial charge in [-0.1, -0.05) is 18.2 Å². The lowest BCUT2D eigenvalue weighted by atomic mass is 9.99. The molecule has 3 nitrogen and oxygen atoms in total. The van der Waals surface area contributed by atoms with Crippen molar-refractivity contribution in [3.05, 3.63) is 29.8 Å². The summed E-state index contributed by atoms with van der Waals surface area (Å²) in [5, 5.41) is 3.35.